The van der Waals surface area contributed by atoms with Crippen LogP contribution in [0.5, 0.6) is 0 Å². The Morgan fingerprint density at radius 2 is 1.95 bits per heavy atom. The fourth-order valence-electron chi connectivity index (χ4n) is 3.05. The summed E-state index contributed by atoms with van der Waals surface area (Å²) in [6, 6.07) is 2.33. The van der Waals surface area contributed by atoms with E-state index in [9.17, 15) is 0 Å². The van der Waals surface area contributed by atoms with Gasteiger partial charge in [0.15, 0.2) is 0 Å². The van der Waals surface area contributed by atoms with Crippen LogP contribution in [0.1, 0.15) is 51.9 Å². The molecule has 102 valence electrons. The molecule has 2 aliphatic rings. The quantitative estimate of drug-likeness (QED) is 0.669. The third-order valence-corrected chi connectivity index (χ3v) is 6.17. The van der Waals surface area contributed by atoms with Gasteiger partial charge in [0.05, 0.1) is 0 Å². The molecule has 0 atom stereocenters. The maximum Gasteiger partial charge on any atom is 0.0487 e. The number of hydrogen-bond donors (Lipinski definition) is 0. The molecule has 19 heavy (non-hydrogen) atoms. The summed E-state index contributed by atoms with van der Waals surface area (Å²) in [6.07, 6.45) is 12.1. The molecule has 2 heteroatoms. The molecule has 1 aromatic heterocycles. The topological polar surface area (TPSA) is 0 Å². The Labute approximate surface area is 124 Å². The van der Waals surface area contributed by atoms with Crippen LogP contribution in [0.4, 0.5) is 0 Å². The molecule has 1 aliphatic heterocycles. The van der Waals surface area contributed by atoms with E-state index in [-0.39, 0.29) is 0 Å². The van der Waals surface area contributed by atoms with Gasteiger partial charge in [-0.2, -0.15) is 0 Å². The smallest absolute Gasteiger partial charge is 0.0487 e. The van der Waals surface area contributed by atoms with Crippen molar-refractivity contribution in [1.82, 2.24) is 0 Å². The molecule has 0 saturated heterocycles. The average molecular weight is 290 g/mol. The third-order valence-electron chi connectivity index (χ3n) is 4.06. The largest absolute Gasteiger partial charge is 0.143 e. The zero-order valence-electron chi connectivity index (χ0n) is 11.7. The van der Waals surface area contributed by atoms with Gasteiger partial charge in [0.25, 0.3) is 0 Å². The summed E-state index contributed by atoms with van der Waals surface area (Å²) in [5.74, 6) is 1.18. The van der Waals surface area contributed by atoms with Gasteiger partial charge in [-0.1, -0.05) is 45.1 Å². The number of thiophene rings is 1. The molecular formula is C17H22S2. The number of hydrogen-bond acceptors (Lipinski definition) is 2. The summed E-state index contributed by atoms with van der Waals surface area (Å²) in [5, 5.41) is 3.81. The predicted octanol–water partition coefficient (Wildman–Crippen LogP) is 4.44. The molecule has 0 aromatic carbocycles. The Bertz CT molecular complexity index is 589. The minimum absolute atomic E-state index is 1.18. The van der Waals surface area contributed by atoms with Crippen LogP contribution in [-0.2, 0) is 0 Å². The molecule has 0 fully saturated rings. The highest BCUT2D eigenvalue weighted by Gasteiger charge is 2.23. The highest BCUT2D eigenvalue weighted by atomic mass is 32.2. The Balaban J connectivity index is 1.64. The highest BCUT2D eigenvalue weighted by molar-refractivity contribution is 8.08. The third kappa shape index (κ3) is 2.71. The number of rotatable bonds is 7. The monoisotopic (exact) mass is 290 g/mol. The van der Waals surface area contributed by atoms with Crippen LogP contribution in [0.25, 0.3) is 10.5 Å². The molecule has 2 heterocycles. The van der Waals surface area contributed by atoms with E-state index in [1.165, 1.54) is 50.7 Å². The van der Waals surface area contributed by atoms with Gasteiger partial charge in [-0.05, 0) is 40.7 Å². The Morgan fingerprint density at radius 3 is 2.84 bits per heavy atom. The van der Waals surface area contributed by atoms with Gasteiger partial charge >= 0.3 is 0 Å². The van der Waals surface area contributed by atoms with Crippen molar-refractivity contribution in [2.75, 3.05) is 5.75 Å². The zero-order chi connectivity index (χ0) is 13.1. The van der Waals surface area contributed by atoms with Gasteiger partial charge in [-0.15, -0.1) is 23.1 Å². The van der Waals surface area contributed by atoms with E-state index in [4.69, 9.17) is 0 Å². The first-order valence-corrected chi connectivity index (χ1v) is 9.43. The molecule has 0 spiro atoms. The lowest BCUT2D eigenvalue weighted by Crippen LogP contribution is -2.16. The van der Waals surface area contributed by atoms with Gasteiger partial charge in [0.2, 0.25) is 0 Å². The second-order valence-corrected chi connectivity index (χ2v) is 7.36. The van der Waals surface area contributed by atoms with Crippen molar-refractivity contribution in [3.63, 3.8) is 0 Å². The van der Waals surface area contributed by atoms with Crippen LogP contribution in [0.15, 0.2) is 23.1 Å². The average Bonchev–Trinajstić information content (AvgIpc) is 3.09. The fraction of sp³-hybridized carbons (Fsp3) is 0.529. The lowest BCUT2D eigenvalue weighted by Gasteiger charge is -2.06. The van der Waals surface area contributed by atoms with Crippen LogP contribution in [-0.4, -0.2) is 5.75 Å². The summed E-state index contributed by atoms with van der Waals surface area (Å²) in [5.41, 5.74) is 3.23. The lowest BCUT2D eigenvalue weighted by molar-refractivity contribution is 0.613. The van der Waals surface area contributed by atoms with Crippen LogP contribution >= 0.6 is 23.1 Å². The second kappa shape index (κ2) is 6.32. The molecule has 1 aromatic rings. The number of fused-ring (bicyclic) bond motifs is 2. The molecule has 0 unspecified atom stereocenters. The van der Waals surface area contributed by atoms with E-state index in [1.54, 1.807) is 25.8 Å². The van der Waals surface area contributed by atoms with Gasteiger partial charge in [0.1, 0.15) is 0 Å². The Morgan fingerprint density at radius 1 is 1.11 bits per heavy atom. The summed E-state index contributed by atoms with van der Waals surface area (Å²) < 4.78 is 1.55. The molecular weight excluding hydrogens is 268 g/mol. The SMILES string of the molecule is CCCCCCCCC1=c2ccsc2=C2SCC=C12. The maximum atomic E-state index is 2.44. The van der Waals surface area contributed by atoms with E-state index in [2.05, 4.69) is 24.4 Å². The van der Waals surface area contributed by atoms with E-state index in [0.717, 1.165) is 0 Å². The highest BCUT2D eigenvalue weighted by Crippen LogP contribution is 2.40. The minimum atomic E-state index is 1.18. The molecule has 0 radical (unpaired) electrons. The zero-order valence-corrected chi connectivity index (χ0v) is 13.3. The van der Waals surface area contributed by atoms with Gasteiger partial charge in [-0.25, -0.2) is 0 Å². The van der Waals surface area contributed by atoms with E-state index < -0.39 is 0 Å². The summed E-state index contributed by atoms with van der Waals surface area (Å²) >= 11 is 3.95. The van der Waals surface area contributed by atoms with Crippen molar-refractivity contribution in [2.24, 2.45) is 0 Å². The predicted molar refractivity (Wildman–Crippen MR) is 88.9 cm³/mol. The van der Waals surface area contributed by atoms with Crippen LogP contribution in [0, 0.1) is 0 Å². The van der Waals surface area contributed by atoms with Gasteiger partial charge < -0.3 is 0 Å². The van der Waals surface area contributed by atoms with Crippen molar-refractivity contribution in [1.29, 1.82) is 0 Å². The molecule has 0 saturated carbocycles. The first-order valence-electron chi connectivity index (χ1n) is 7.56. The molecule has 0 N–H and O–H groups in total. The molecule has 0 amide bonds. The molecule has 0 nitrogen and oxygen atoms in total. The standard InChI is InChI=1S/C17H22S2/c1-2-3-4-5-6-7-8-13-14-9-11-18-16(14)17-15(13)10-12-19-17/h9-11H,2-8,12H2,1H3. The first kappa shape index (κ1) is 13.5. The van der Waals surface area contributed by atoms with Crippen molar-refractivity contribution in [3.8, 4) is 0 Å². The molecule has 1 aliphatic carbocycles. The summed E-state index contributed by atoms with van der Waals surface area (Å²) in [7, 11) is 0. The summed E-state index contributed by atoms with van der Waals surface area (Å²) in [4.78, 5) is 1.57. The van der Waals surface area contributed by atoms with E-state index in [1.807, 2.05) is 23.1 Å². The van der Waals surface area contributed by atoms with Crippen molar-refractivity contribution >= 4 is 33.6 Å². The Kier molecular flexibility index (Phi) is 4.49. The van der Waals surface area contributed by atoms with Crippen LogP contribution in [0.3, 0.4) is 0 Å². The van der Waals surface area contributed by atoms with E-state index in [0.29, 0.717) is 0 Å². The minimum Gasteiger partial charge on any atom is -0.143 e. The first-order chi connectivity index (χ1) is 9.42. The van der Waals surface area contributed by atoms with Crippen molar-refractivity contribution in [2.45, 2.75) is 51.9 Å². The van der Waals surface area contributed by atoms with E-state index >= 15 is 0 Å². The van der Waals surface area contributed by atoms with Crippen molar-refractivity contribution < 1.29 is 0 Å². The Hall–Kier alpha value is -0.470. The fourth-order valence-corrected chi connectivity index (χ4v) is 5.26. The van der Waals surface area contributed by atoms with Gasteiger partial charge in [-0.3, -0.25) is 0 Å². The van der Waals surface area contributed by atoms with Crippen LogP contribution in [0.2, 0.25) is 0 Å². The number of thioether (sulfide) groups is 1. The second-order valence-electron chi connectivity index (χ2n) is 5.42. The molecule has 0 bridgehead atoms. The summed E-state index contributed by atoms with van der Waals surface area (Å²) in [6.45, 7) is 2.29. The maximum absolute atomic E-state index is 2.44. The van der Waals surface area contributed by atoms with Gasteiger partial charge in [0, 0.05) is 15.2 Å². The lowest BCUT2D eigenvalue weighted by atomic mass is 10.00. The number of unbranched alkanes of at least 4 members (excludes halogenated alkanes) is 5. The normalized spacial score (nSPS) is 16.8. The molecule has 3 rings (SSSR count). The van der Waals surface area contributed by atoms with Crippen LogP contribution < -0.4 is 9.75 Å². The van der Waals surface area contributed by atoms with Crippen molar-refractivity contribution in [3.05, 3.63) is 32.8 Å².